The van der Waals surface area contributed by atoms with E-state index in [9.17, 15) is 30.7 Å². The molecule has 38 heavy (non-hydrogen) atoms. The predicted molar refractivity (Wildman–Crippen MR) is 134 cm³/mol. The first-order chi connectivity index (χ1) is 17.9. The van der Waals surface area contributed by atoms with E-state index in [1.54, 1.807) is 12.1 Å². The minimum Gasteiger partial charge on any atom is -0.491 e. The third-order valence-corrected chi connectivity index (χ3v) is 10.1. The lowest BCUT2D eigenvalue weighted by atomic mass is 9.88. The molecule has 2 heterocycles. The number of ether oxygens (including phenoxy) is 2. The number of aliphatic hydroxyl groups excluding tert-OH is 1. The Labute approximate surface area is 221 Å². The molecule has 4 rings (SSSR count). The molecule has 10 nitrogen and oxygen atoms in total. The standard InChI is InChI=1S/C24H31F2N3O7S2/c1-27-37(31,32)21-4-2-3-20(12-21)35-16-19(30)14-28-18-13-24(36-15-18)7-9-29(10-8-24)38(33,34)23-11-17(25)5-6-22(23)26/h2-6,11-12,18-19,27-28,30H,7-10,13-16H2,1H3. The zero-order valence-electron chi connectivity index (χ0n) is 20.8. The lowest BCUT2D eigenvalue weighted by Crippen LogP contribution is -2.47. The number of benzene rings is 2. The predicted octanol–water partition coefficient (Wildman–Crippen LogP) is 1.21. The van der Waals surface area contributed by atoms with Crippen LogP contribution in [0.1, 0.15) is 19.3 Å². The van der Waals surface area contributed by atoms with Gasteiger partial charge >= 0.3 is 0 Å². The Kier molecular flexibility index (Phi) is 8.71. The van der Waals surface area contributed by atoms with Gasteiger partial charge in [0.1, 0.15) is 35.0 Å². The molecule has 210 valence electrons. The molecule has 2 aromatic carbocycles. The minimum atomic E-state index is -4.17. The van der Waals surface area contributed by atoms with Crippen LogP contribution in [0.3, 0.4) is 0 Å². The maximum atomic E-state index is 14.1. The van der Waals surface area contributed by atoms with E-state index in [0.29, 0.717) is 37.7 Å². The zero-order chi connectivity index (χ0) is 27.6. The summed E-state index contributed by atoms with van der Waals surface area (Å²) in [6.07, 6.45) is 0.536. The molecule has 0 aromatic heterocycles. The number of aliphatic hydroxyl groups is 1. The van der Waals surface area contributed by atoms with Gasteiger partial charge in [0, 0.05) is 31.7 Å². The molecule has 2 fully saturated rings. The van der Waals surface area contributed by atoms with Gasteiger partial charge in [0.25, 0.3) is 0 Å². The van der Waals surface area contributed by atoms with Crippen LogP contribution in [-0.4, -0.2) is 83.9 Å². The van der Waals surface area contributed by atoms with E-state index in [0.717, 1.165) is 16.4 Å². The van der Waals surface area contributed by atoms with E-state index in [1.165, 1.54) is 19.2 Å². The van der Waals surface area contributed by atoms with Gasteiger partial charge in [0.15, 0.2) is 0 Å². The molecule has 2 atom stereocenters. The van der Waals surface area contributed by atoms with E-state index in [1.807, 2.05) is 0 Å². The fourth-order valence-corrected chi connectivity index (χ4v) is 6.96. The summed E-state index contributed by atoms with van der Waals surface area (Å²) in [5.74, 6) is -1.51. The van der Waals surface area contributed by atoms with E-state index < -0.39 is 48.3 Å². The van der Waals surface area contributed by atoms with Gasteiger partial charge in [0.2, 0.25) is 20.0 Å². The molecule has 2 aromatic rings. The van der Waals surface area contributed by atoms with Gasteiger partial charge in [-0.1, -0.05) is 6.07 Å². The van der Waals surface area contributed by atoms with Crippen molar-refractivity contribution >= 4 is 20.0 Å². The van der Waals surface area contributed by atoms with Crippen LogP contribution < -0.4 is 14.8 Å². The first kappa shape index (κ1) is 28.8. The Morgan fingerprint density at radius 3 is 2.61 bits per heavy atom. The molecule has 0 amide bonds. The summed E-state index contributed by atoms with van der Waals surface area (Å²) in [6.45, 7) is 0.757. The second-order valence-corrected chi connectivity index (χ2v) is 13.2. The molecule has 2 aliphatic heterocycles. The maximum Gasteiger partial charge on any atom is 0.246 e. The summed E-state index contributed by atoms with van der Waals surface area (Å²) in [6, 6.07) is 8.24. The molecular weight excluding hydrogens is 544 g/mol. The smallest absolute Gasteiger partial charge is 0.246 e. The van der Waals surface area contributed by atoms with Crippen molar-refractivity contribution in [1.82, 2.24) is 14.3 Å². The van der Waals surface area contributed by atoms with Gasteiger partial charge in [-0.25, -0.2) is 30.3 Å². The third kappa shape index (κ3) is 6.50. The molecule has 0 bridgehead atoms. The highest BCUT2D eigenvalue weighted by Gasteiger charge is 2.45. The lowest BCUT2D eigenvalue weighted by molar-refractivity contribution is -0.0312. The van der Waals surface area contributed by atoms with Crippen molar-refractivity contribution in [3.8, 4) is 5.75 Å². The second kappa shape index (κ2) is 11.5. The molecule has 14 heteroatoms. The molecule has 0 aliphatic carbocycles. The van der Waals surface area contributed by atoms with Crippen molar-refractivity contribution in [3.63, 3.8) is 0 Å². The monoisotopic (exact) mass is 575 g/mol. The van der Waals surface area contributed by atoms with Crippen LogP contribution in [0.2, 0.25) is 0 Å². The van der Waals surface area contributed by atoms with Gasteiger partial charge in [-0.3, -0.25) is 0 Å². The average molecular weight is 576 g/mol. The van der Waals surface area contributed by atoms with Crippen LogP contribution in [-0.2, 0) is 24.8 Å². The van der Waals surface area contributed by atoms with E-state index >= 15 is 0 Å². The fraction of sp³-hybridized carbons (Fsp3) is 0.500. The molecule has 2 saturated heterocycles. The van der Waals surface area contributed by atoms with Gasteiger partial charge in [-0.2, -0.15) is 4.31 Å². The first-order valence-electron chi connectivity index (χ1n) is 12.1. The molecule has 1 spiro atoms. The normalized spacial score (nSPS) is 21.0. The van der Waals surface area contributed by atoms with E-state index in [-0.39, 0.29) is 37.2 Å². The van der Waals surface area contributed by atoms with E-state index in [4.69, 9.17) is 9.47 Å². The van der Waals surface area contributed by atoms with Crippen molar-refractivity contribution in [2.45, 2.75) is 46.8 Å². The highest BCUT2D eigenvalue weighted by Crippen LogP contribution is 2.37. The quantitative estimate of drug-likeness (QED) is 0.385. The number of nitrogens with one attached hydrogen (secondary N) is 2. The molecular formula is C24H31F2N3O7S2. The summed E-state index contributed by atoms with van der Waals surface area (Å²) in [4.78, 5) is -0.620. The molecule has 3 N–H and O–H groups in total. The average Bonchev–Trinajstić information content (AvgIpc) is 3.30. The SMILES string of the molecule is CNS(=O)(=O)c1cccc(OCC(O)CNC2COC3(CCN(S(=O)(=O)c4cc(F)ccc4F)CC3)C2)c1. The number of hydrogen-bond donors (Lipinski definition) is 3. The summed E-state index contributed by atoms with van der Waals surface area (Å²) in [5.41, 5.74) is -0.537. The van der Waals surface area contributed by atoms with Crippen LogP contribution in [0.5, 0.6) is 5.75 Å². The van der Waals surface area contributed by atoms with E-state index in [2.05, 4.69) is 10.0 Å². The number of halogens is 2. The highest BCUT2D eigenvalue weighted by atomic mass is 32.2. The Hall–Kier alpha value is -2.20. The summed E-state index contributed by atoms with van der Waals surface area (Å²) >= 11 is 0. The molecule has 0 saturated carbocycles. The van der Waals surface area contributed by atoms with Crippen molar-refractivity contribution in [2.24, 2.45) is 0 Å². The Morgan fingerprint density at radius 2 is 1.89 bits per heavy atom. The lowest BCUT2D eigenvalue weighted by Gasteiger charge is -2.38. The van der Waals surface area contributed by atoms with Crippen molar-refractivity contribution in [1.29, 1.82) is 0 Å². The number of rotatable bonds is 10. The van der Waals surface area contributed by atoms with Crippen LogP contribution in [0.4, 0.5) is 8.78 Å². The van der Waals surface area contributed by atoms with Crippen molar-refractivity contribution in [2.75, 3.05) is 39.9 Å². The van der Waals surface area contributed by atoms with Crippen molar-refractivity contribution in [3.05, 3.63) is 54.1 Å². The summed E-state index contributed by atoms with van der Waals surface area (Å²) in [7, 11) is -6.47. The number of hydrogen-bond acceptors (Lipinski definition) is 8. The molecule has 2 unspecified atom stereocenters. The van der Waals surface area contributed by atoms with Gasteiger partial charge in [0.05, 0.1) is 17.1 Å². The van der Waals surface area contributed by atoms with Gasteiger partial charge in [-0.15, -0.1) is 0 Å². The van der Waals surface area contributed by atoms with Crippen LogP contribution in [0.25, 0.3) is 0 Å². The Morgan fingerprint density at radius 1 is 1.16 bits per heavy atom. The van der Waals surface area contributed by atoms with Crippen LogP contribution in [0, 0.1) is 11.6 Å². The number of piperidine rings is 1. The zero-order valence-corrected chi connectivity index (χ0v) is 22.4. The topological polar surface area (TPSA) is 134 Å². The first-order valence-corrected chi connectivity index (χ1v) is 15.0. The Balaban J connectivity index is 1.24. The fourth-order valence-electron chi connectivity index (χ4n) is 4.67. The van der Waals surface area contributed by atoms with Crippen LogP contribution >= 0.6 is 0 Å². The minimum absolute atomic E-state index is 0.0541. The third-order valence-electron chi connectivity index (χ3n) is 6.82. The highest BCUT2D eigenvalue weighted by molar-refractivity contribution is 7.89. The second-order valence-electron chi connectivity index (χ2n) is 9.43. The largest absolute Gasteiger partial charge is 0.491 e. The summed E-state index contributed by atoms with van der Waals surface area (Å²) < 4.78 is 92.1. The number of nitrogens with zero attached hydrogens (tertiary/aromatic N) is 1. The van der Waals surface area contributed by atoms with Gasteiger partial charge in [-0.05, 0) is 56.6 Å². The number of sulfonamides is 2. The van der Waals surface area contributed by atoms with Gasteiger partial charge < -0.3 is 19.9 Å². The maximum absolute atomic E-state index is 14.1. The Bertz CT molecular complexity index is 1350. The van der Waals surface area contributed by atoms with Crippen LogP contribution in [0.15, 0.2) is 52.3 Å². The molecule has 2 aliphatic rings. The summed E-state index contributed by atoms with van der Waals surface area (Å²) in [5, 5.41) is 13.6. The van der Waals surface area contributed by atoms with Crippen molar-refractivity contribution < 1.29 is 40.2 Å². The molecule has 0 radical (unpaired) electrons.